The number of ether oxygens (including phenoxy) is 1. The molecule has 0 N–H and O–H groups in total. The molecule has 1 unspecified atom stereocenters. The van der Waals surface area contributed by atoms with Gasteiger partial charge in [-0.25, -0.2) is 0 Å². The van der Waals surface area contributed by atoms with Crippen LogP contribution in [0.4, 0.5) is 0 Å². The minimum absolute atomic E-state index is 0.189. The van der Waals surface area contributed by atoms with E-state index in [1.54, 1.807) is 7.11 Å². The Hall–Kier alpha value is -2.00. The Bertz CT molecular complexity index is 714. The number of halogens is 1. The van der Waals surface area contributed by atoms with Crippen molar-refractivity contribution in [1.29, 1.82) is 0 Å². The van der Waals surface area contributed by atoms with Crippen LogP contribution in [0.2, 0.25) is 5.02 Å². The predicted molar refractivity (Wildman–Crippen MR) is 101 cm³/mol. The summed E-state index contributed by atoms with van der Waals surface area (Å²) in [5, 5.41) is 0.753. The number of carbonyl (C=O) groups is 1. The van der Waals surface area contributed by atoms with Crippen molar-refractivity contribution >= 4 is 17.5 Å². The number of methoxy groups -OCH3 is 1. The fraction of sp³-hybridized carbons (Fsp3) is 0.381. The average molecular weight is 358 g/mol. The Labute approximate surface area is 154 Å². The van der Waals surface area contributed by atoms with Gasteiger partial charge in [-0.1, -0.05) is 42.3 Å². The first-order valence-corrected chi connectivity index (χ1v) is 9.19. The van der Waals surface area contributed by atoms with Gasteiger partial charge in [-0.15, -0.1) is 0 Å². The number of rotatable bonds is 4. The molecule has 1 fully saturated rings. The largest absolute Gasteiger partial charge is 0.497 e. The van der Waals surface area contributed by atoms with Gasteiger partial charge < -0.3 is 9.64 Å². The normalized spacial score (nSPS) is 17.8. The minimum Gasteiger partial charge on any atom is -0.497 e. The molecule has 132 valence electrons. The monoisotopic (exact) mass is 357 g/mol. The van der Waals surface area contributed by atoms with Crippen molar-refractivity contribution in [3.05, 3.63) is 64.7 Å². The molecule has 1 aliphatic rings. The third kappa shape index (κ3) is 4.76. The summed E-state index contributed by atoms with van der Waals surface area (Å²) in [6, 6.07) is 15.8. The molecule has 0 saturated carbocycles. The van der Waals surface area contributed by atoms with Crippen LogP contribution < -0.4 is 4.74 Å². The molecule has 3 nitrogen and oxygen atoms in total. The van der Waals surface area contributed by atoms with Gasteiger partial charge in [0.15, 0.2) is 0 Å². The summed E-state index contributed by atoms with van der Waals surface area (Å²) in [6.07, 6.45) is 3.75. The summed E-state index contributed by atoms with van der Waals surface area (Å²) in [5.41, 5.74) is 2.27. The average Bonchev–Trinajstić information content (AvgIpc) is 2.89. The van der Waals surface area contributed by atoms with Crippen LogP contribution >= 0.6 is 11.6 Å². The Morgan fingerprint density at radius 2 is 2.00 bits per heavy atom. The first kappa shape index (κ1) is 17.8. The fourth-order valence-electron chi connectivity index (χ4n) is 3.44. The van der Waals surface area contributed by atoms with Crippen molar-refractivity contribution in [2.45, 2.75) is 31.6 Å². The summed E-state index contributed by atoms with van der Waals surface area (Å²) in [7, 11) is 1.65. The molecule has 0 aromatic heterocycles. The lowest BCUT2D eigenvalue weighted by atomic mass is 9.94. The molecule has 1 atom stereocenters. The van der Waals surface area contributed by atoms with E-state index in [1.165, 1.54) is 5.56 Å². The maximum absolute atomic E-state index is 12.8. The maximum Gasteiger partial charge on any atom is 0.227 e. The van der Waals surface area contributed by atoms with Crippen LogP contribution in [-0.2, 0) is 11.2 Å². The SMILES string of the molecule is COc1cccc(CC(=O)N2CCCCC(c3ccc(Cl)cc3)C2)c1. The number of carbonyl (C=O) groups excluding carboxylic acids is 1. The molecule has 0 radical (unpaired) electrons. The summed E-state index contributed by atoms with van der Waals surface area (Å²) in [6.45, 7) is 1.62. The second kappa shape index (κ2) is 8.39. The van der Waals surface area contributed by atoms with E-state index in [0.717, 1.165) is 48.7 Å². The Morgan fingerprint density at radius 3 is 2.76 bits per heavy atom. The molecular weight excluding hydrogens is 334 g/mol. The van der Waals surface area contributed by atoms with E-state index in [2.05, 4.69) is 12.1 Å². The molecule has 4 heteroatoms. The third-order valence-electron chi connectivity index (χ3n) is 4.86. The van der Waals surface area contributed by atoms with E-state index in [-0.39, 0.29) is 5.91 Å². The smallest absolute Gasteiger partial charge is 0.227 e. The fourth-order valence-corrected chi connectivity index (χ4v) is 3.57. The number of amides is 1. The van der Waals surface area contributed by atoms with Gasteiger partial charge in [-0.2, -0.15) is 0 Å². The van der Waals surface area contributed by atoms with E-state index < -0.39 is 0 Å². The third-order valence-corrected chi connectivity index (χ3v) is 5.11. The van der Waals surface area contributed by atoms with E-state index in [1.807, 2.05) is 41.3 Å². The standard InChI is InChI=1S/C21H24ClNO2/c1-25-20-7-4-5-16(13-20)14-21(24)23-12-3-2-6-18(15-23)17-8-10-19(22)11-9-17/h4-5,7-11,13,18H,2-3,6,12,14-15H2,1H3. The number of benzene rings is 2. The molecule has 1 amide bonds. The quantitative estimate of drug-likeness (QED) is 0.794. The second-order valence-corrected chi connectivity index (χ2v) is 7.05. The van der Waals surface area contributed by atoms with Crippen LogP contribution in [-0.4, -0.2) is 31.0 Å². The Kier molecular flexibility index (Phi) is 5.98. The lowest BCUT2D eigenvalue weighted by molar-refractivity contribution is -0.130. The van der Waals surface area contributed by atoms with Crippen molar-refractivity contribution in [2.75, 3.05) is 20.2 Å². The van der Waals surface area contributed by atoms with E-state index >= 15 is 0 Å². The molecule has 1 heterocycles. The highest BCUT2D eigenvalue weighted by Gasteiger charge is 2.23. The zero-order chi connectivity index (χ0) is 17.6. The number of hydrogen-bond donors (Lipinski definition) is 0. The van der Waals surface area contributed by atoms with Crippen LogP contribution in [0.15, 0.2) is 48.5 Å². The zero-order valence-electron chi connectivity index (χ0n) is 14.6. The van der Waals surface area contributed by atoms with Gasteiger partial charge >= 0.3 is 0 Å². The summed E-state index contributed by atoms with van der Waals surface area (Å²) < 4.78 is 5.25. The van der Waals surface area contributed by atoms with Gasteiger partial charge in [0.05, 0.1) is 13.5 Å². The van der Waals surface area contributed by atoms with Gasteiger partial charge in [0, 0.05) is 24.0 Å². The van der Waals surface area contributed by atoms with Crippen LogP contribution in [0.25, 0.3) is 0 Å². The number of likely N-dealkylation sites (tertiary alicyclic amines) is 1. The first-order chi connectivity index (χ1) is 12.2. The molecule has 25 heavy (non-hydrogen) atoms. The highest BCUT2D eigenvalue weighted by atomic mass is 35.5. The molecule has 2 aromatic carbocycles. The molecule has 0 aliphatic carbocycles. The van der Waals surface area contributed by atoms with Gasteiger partial charge in [0.1, 0.15) is 5.75 Å². The second-order valence-electron chi connectivity index (χ2n) is 6.61. The molecule has 1 saturated heterocycles. The Balaban J connectivity index is 1.69. The molecule has 0 spiro atoms. The van der Waals surface area contributed by atoms with Crippen molar-refractivity contribution in [3.8, 4) is 5.75 Å². The van der Waals surface area contributed by atoms with E-state index in [9.17, 15) is 4.79 Å². The maximum atomic E-state index is 12.8. The molecule has 3 rings (SSSR count). The number of nitrogens with zero attached hydrogens (tertiary/aromatic N) is 1. The molecule has 2 aromatic rings. The molecule has 1 aliphatic heterocycles. The van der Waals surface area contributed by atoms with Crippen molar-refractivity contribution < 1.29 is 9.53 Å². The highest BCUT2D eigenvalue weighted by molar-refractivity contribution is 6.30. The predicted octanol–water partition coefficient (Wildman–Crippen LogP) is 4.69. The van der Waals surface area contributed by atoms with Crippen LogP contribution in [0.5, 0.6) is 5.75 Å². The summed E-state index contributed by atoms with van der Waals surface area (Å²) in [4.78, 5) is 14.8. The van der Waals surface area contributed by atoms with E-state index in [0.29, 0.717) is 12.3 Å². The van der Waals surface area contributed by atoms with Crippen molar-refractivity contribution in [1.82, 2.24) is 4.90 Å². The Morgan fingerprint density at radius 1 is 1.20 bits per heavy atom. The lowest BCUT2D eigenvalue weighted by Gasteiger charge is -2.25. The summed E-state index contributed by atoms with van der Waals surface area (Å²) in [5.74, 6) is 1.36. The van der Waals surface area contributed by atoms with Gasteiger partial charge in [0.25, 0.3) is 0 Å². The molecule has 0 bridgehead atoms. The van der Waals surface area contributed by atoms with Crippen LogP contribution in [0.3, 0.4) is 0 Å². The molecular formula is C21H24ClNO2. The summed E-state index contributed by atoms with van der Waals surface area (Å²) >= 11 is 6.00. The van der Waals surface area contributed by atoms with Crippen LogP contribution in [0, 0.1) is 0 Å². The van der Waals surface area contributed by atoms with Gasteiger partial charge in [-0.05, 0) is 48.2 Å². The number of hydrogen-bond acceptors (Lipinski definition) is 2. The van der Waals surface area contributed by atoms with E-state index in [4.69, 9.17) is 16.3 Å². The zero-order valence-corrected chi connectivity index (χ0v) is 15.3. The van der Waals surface area contributed by atoms with Crippen LogP contribution in [0.1, 0.15) is 36.3 Å². The van der Waals surface area contributed by atoms with Crippen molar-refractivity contribution in [3.63, 3.8) is 0 Å². The first-order valence-electron chi connectivity index (χ1n) is 8.82. The lowest BCUT2D eigenvalue weighted by Crippen LogP contribution is -2.35. The highest BCUT2D eigenvalue weighted by Crippen LogP contribution is 2.28. The topological polar surface area (TPSA) is 29.5 Å². The minimum atomic E-state index is 0.189. The van der Waals surface area contributed by atoms with Crippen molar-refractivity contribution in [2.24, 2.45) is 0 Å². The van der Waals surface area contributed by atoms with Gasteiger partial charge in [-0.3, -0.25) is 4.79 Å². The van der Waals surface area contributed by atoms with Gasteiger partial charge in [0.2, 0.25) is 5.91 Å².